The third-order valence-corrected chi connectivity index (χ3v) is 4.53. The molecular weight excluding hydrogens is 293 g/mol. The van der Waals surface area contributed by atoms with Gasteiger partial charge in [-0.15, -0.1) is 0 Å². The van der Waals surface area contributed by atoms with Crippen LogP contribution in [0, 0.1) is 11.8 Å². The summed E-state index contributed by atoms with van der Waals surface area (Å²) < 4.78 is 5.99. The van der Waals surface area contributed by atoms with Gasteiger partial charge in [-0.25, -0.2) is 0 Å². The number of nitrogens with one attached hydrogen (secondary N) is 1. The number of hydrogen-bond acceptors (Lipinski definition) is 2. The summed E-state index contributed by atoms with van der Waals surface area (Å²) in [6, 6.07) is 5.79. The zero-order chi connectivity index (χ0) is 14.5. The molecular formula is C16H23Cl2NO. The van der Waals surface area contributed by atoms with Gasteiger partial charge in [0.05, 0.1) is 16.1 Å². The van der Waals surface area contributed by atoms with Crippen LogP contribution < -0.4 is 5.32 Å². The fourth-order valence-electron chi connectivity index (χ4n) is 2.69. The number of benzene rings is 1. The van der Waals surface area contributed by atoms with E-state index in [1.165, 1.54) is 6.42 Å². The molecule has 2 nitrogen and oxygen atoms in total. The molecule has 0 aliphatic carbocycles. The Balaban J connectivity index is 2.08. The van der Waals surface area contributed by atoms with E-state index in [-0.39, 0.29) is 6.10 Å². The minimum atomic E-state index is 0.0506. The van der Waals surface area contributed by atoms with Gasteiger partial charge in [0.2, 0.25) is 0 Å². The summed E-state index contributed by atoms with van der Waals surface area (Å²) in [5.74, 6) is 1.12. The second kappa shape index (κ2) is 7.65. The Morgan fingerprint density at radius 3 is 2.90 bits per heavy atom. The van der Waals surface area contributed by atoms with Crippen LogP contribution in [-0.2, 0) is 4.74 Å². The second-order valence-corrected chi connectivity index (χ2v) is 6.67. The number of halogens is 2. The van der Waals surface area contributed by atoms with Crippen LogP contribution in [0.5, 0.6) is 0 Å². The third kappa shape index (κ3) is 4.11. The van der Waals surface area contributed by atoms with E-state index < -0.39 is 0 Å². The molecule has 2 atom stereocenters. The molecule has 1 heterocycles. The van der Waals surface area contributed by atoms with Gasteiger partial charge in [-0.3, -0.25) is 0 Å². The predicted molar refractivity (Wildman–Crippen MR) is 85.6 cm³/mol. The Morgan fingerprint density at radius 1 is 1.35 bits per heavy atom. The molecule has 0 aromatic heterocycles. The number of ether oxygens (including phenoxy) is 1. The Morgan fingerprint density at radius 2 is 2.15 bits per heavy atom. The third-order valence-electron chi connectivity index (χ3n) is 3.69. The van der Waals surface area contributed by atoms with Crippen LogP contribution in [0.15, 0.2) is 18.2 Å². The fourth-order valence-corrected chi connectivity index (χ4v) is 3.11. The molecule has 2 unspecified atom stereocenters. The quantitative estimate of drug-likeness (QED) is 0.849. The lowest BCUT2D eigenvalue weighted by atomic mass is 9.89. The van der Waals surface area contributed by atoms with Crippen molar-refractivity contribution >= 4 is 23.2 Å². The van der Waals surface area contributed by atoms with Crippen LogP contribution >= 0.6 is 23.2 Å². The maximum atomic E-state index is 6.34. The van der Waals surface area contributed by atoms with Gasteiger partial charge in [-0.1, -0.05) is 49.2 Å². The lowest BCUT2D eigenvalue weighted by molar-refractivity contribution is -0.0278. The van der Waals surface area contributed by atoms with Gasteiger partial charge in [-0.2, -0.15) is 0 Å². The van der Waals surface area contributed by atoms with E-state index in [1.54, 1.807) is 0 Å². The number of rotatable bonds is 5. The van der Waals surface area contributed by atoms with Crippen molar-refractivity contribution < 1.29 is 4.74 Å². The molecule has 1 fully saturated rings. The molecule has 1 N–H and O–H groups in total. The molecule has 1 aliphatic rings. The Bertz CT molecular complexity index is 436. The van der Waals surface area contributed by atoms with Crippen LogP contribution in [0.4, 0.5) is 0 Å². The molecule has 1 aliphatic heterocycles. The molecule has 20 heavy (non-hydrogen) atoms. The minimum absolute atomic E-state index is 0.0506. The first-order valence-electron chi connectivity index (χ1n) is 7.35. The first kappa shape index (κ1) is 16.1. The summed E-state index contributed by atoms with van der Waals surface area (Å²) >= 11 is 12.5. The zero-order valence-electron chi connectivity index (χ0n) is 12.2. The summed E-state index contributed by atoms with van der Waals surface area (Å²) in [4.78, 5) is 0. The largest absolute Gasteiger partial charge is 0.373 e. The smallest absolute Gasteiger partial charge is 0.0880 e. The molecule has 0 spiro atoms. The monoisotopic (exact) mass is 315 g/mol. The highest BCUT2D eigenvalue weighted by Crippen LogP contribution is 2.39. The molecule has 112 valence electrons. The summed E-state index contributed by atoms with van der Waals surface area (Å²) in [5.41, 5.74) is 1.02. The van der Waals surface area contributed by atoms with Gasteiger partial charge in [0, 0.05) is 24.6 Å². The van der Waals surface area contributed by atoms with Crippen LogP contribution in [0.25, 0.3) is 0 Å². The molecule has 2 rings (SSSR count). The van der Waals surface area contributed by atoms with E-state index in [2.05, 4.69) is 19.2 Å². The summed E-state index contributed by atoms with van der Waals surface area (Å²) in [6.45, 7) is 7.23. The van der Waals surface area contributed by atoms with Crippen LogP contribution in [0.2, 0.25) is 10.0 Å². The summed E-state index contributed by atoms with van der Waals surface area (Å²) in [6.07, 6.45) is 2.33. The van der Waals surface area contributed by atoms with Gasteiger partial charge >= 0.3 is 0 Å². The first-order valence-corrected chi connectivity index (χ1v) is 8.11. The maximum absolute atomic E-state index is 6.34. The SMILES string of the molecule is CC(C)CNCC1CCCOC1c1cccc(Cl)c1Cl. The standard InChI is InChI=1S/C16H23Cl2NO/c1-11(2)9-19-10-12-5-4-8-20-16(12)13-6-3-7-14(17)15(13)18/h3,6-7,11-12,16,19H,4-5,8-10H2,1-2H3. The molecule has 0 bridgehead atoms. The molecule has 0 amide bonds. The van der Waals surface area contributed by atoms with E-state index >= 15 is 0 Å². The van der Waals surface area contributed by atoms with Crippen molar-refractivity contribution in [2.45, 2.75) is 32.8 Å². The van der Waals surface area contributed by atoms with Crippen molar-refractivity contribution in [1.82, 2.24) is 5.32 Å². The average Bonchev–Trinajstić information content (AvgIpc) is 2.42. The van der Waals surface area contributed by atoms with Gasteiger partial charge < -0.3 is 10.1 Å². The molecule has 1 aromatic carbocycles. The summed E-state index contributed by atoms with van der Waals surface area (Å²) in [5, 5.41) is 4.77. The lowest BCUT2D eigenvalue weighted by Crippen LogP contribution is -2.33. The predicted octanol–water partition coefficient (Wildman–Crippen LogP) is 4.71. The molecule has 4 heteroatoms. The highest BCUT2D eigenvalue weighted by molar-refractivity contribution is 6.42. The van der Waals surface area contributed by atoms with Crippen molar-refractivity contribution in [2.75, 3.05) is 19.7 Å². The van der Waals surface area contributed by atoms with Crippen LogP contribution in [0.1, 0.15) is 38.4 Å². The Hall–Kier alpha value is -0.280. The van der Waals surface area contributed by atoms with Crippen molar-refractivity contribution in [3.05, 3.63) is 33.8 Å². The van der Waals surface area contributed by atoms with Gasteiger partial charge in [0.1, 0.15) is 0 Å². The van der Waals surface area contributed by atoms with Gasteiger partial charge in [0.25, 0.3) is 0 Å². The van der Waals surface area contributed by atoms with E-state index in [1.807, 2.05) is 18.2 Å². The van der Waals surface area contributed by atoms with Crippen molar-refractivity contribution in [3.8, 4) is 0 Å². The normalized spacial score (nSPS) is 23.2. The number of hydrogen-bond donors (Lipinski definition) is 1. The fraction of sp³-hybridized carbons (Fsp3) is 0.625. The van der Waals surface area contributed by atoms with E-state index in [9.17, 15) is 0 Å². The Kier molecular flexibility index (Phi) is 6.16. The highest BCUT2D eigenvalue weighted by Gasteiger charge is 2.29. The van der Waals surface area contributed by atoms with Gasteiger partial charge in [0.15, 0.2) is 0 Å². The van der Waals surface area contributed by atoms with Crippen molar-refractivity contribution in [3.63, 3.8) is 0 Å². The van der Waals surface area contributed by atoms with Crippen LogP contribution in [-0.4, -0.2) is 19.7 Å². The lowest BCUT2D eigenvalue weighted by Gasteiger charge is -2.33. The van der Waals surface area contributed by atoms with Crippen LogP contribution in [0.3, 0.4) is 0 Å². The van der Waals surface area contributed by atoms with E-state index in [0.29, 0.717) is 21.9 Å². The van der Waals surface area contributed by atoms with Crippen molar-refractivity contribution in [2.24, 2.45) is 11.8 Å². The van der Waals surface area contributed by atoms with E-state index in [0.717, 1.165) is 31.7 Å². The zero-order valence-corrected chi connectivity index (χ0v) is 13.7. The highest BCUT2D eigenvalue weighted by atomic mass is 35.5. The molecule has 0 radical (unpaired) electrons. The minimum Gasteiger partial charge on any atom is -0.373 e. The average molecular weight is 316 g/mol. The summed E-state index contributed by atoms with van der Waals surface area (Å²) in [7, 11) is 0. The first-order chi connectivity index (χ1) is 9.59. The molecule has 1 saturated heterocycles. The van der Waals surface area contributed by atoms with E-state index in [4.69, 9.17) is 27.9 Å². The van der Waals surface area contributed by atoms with Crippen molar-refractivity contribution in [1.29, 1.82) is 0 Å². The topological polar surface area (TPSA) is 21.3 Å². The molecule has 0 saturated carbocycles. The van der Waals surface area contributed by atoms with Gasteiger partial charge in [-0.05, 0) is 31.4 Å². The second-order valence-electron chi connectivity index (χ2n) is 5.89. The maximum Gasteiger partial charge on any atom is 0.0880 e. The Labute approximate surface area is 131 Å². The molecule has 1 aromatic rings.